The van der Waals surface area contributed by atoms with Gasteiger partial charge in [-0.1, -0.05) is 57.9 Å². The molecular weight excluding hydrogens is 322 g/mol. The Morgan fingerprint density at radius 2 is 1.84 bits per heavy atom. The summed E-state index contributed by atoms with van der Waals surface area (Å²) in [6.07, 6.45) is 0. The standard InChI is InChI=1S/C16H17BrClN/c1-12-6-3-4-7-13(12)11-19(2)16-9-5-8-15(18)14(16)10-17/h3-9H,10-11H2,1-2H3. The van der Waals surface area contributed by atoms with Crippen LogP contribution in [0.3, 0.4) is 0 Å². The summed E-state index contributed by atoms with van der Waals surface area (Å²) in [5.74, 6) is 0. The molecule has 2 aromatic carbocycles. The number of hydrogen-bond acceptors (Lipinski definition) is 1. The van der Waals surface area contributed by atoms with Crippen LogP contribution in [0.1, 0.15) is 16.7 Å². The third kappa shape index (κ3) is 3.31. The number of aryl methyl sites for hydroxylation is 1. The molecule has 19 heavy (non-hydrogen) atoms. The Balaban J connectivity index is 2.28. The smallest absolute Gasteiger partial charge is 0.0467 e. The third-order valence-corrected chi connectivity index (χ3v) is 4.22. The van der Waals surface area contributed by atoms with Gasteiger partial charge in [-0.05, 0) is 30.2 Å². The molecule has 0 aliphatic rings. The fourth-order valence-electron chi connectivity index (χ4n) is 2.17. The van der Waals surface area contributed by atoms with Crippen LogP contribution >= 0.6 is 27.5 Å². The van der Waals surface area contributed by atoms with E-state index in [9.17, 15) is 0 Å². The molecule has 0 aliphatic carbocycles. The Hall–Kier alpha value is -0.990. The minimum Gasteiger partial charge on any atom is -0.370 e. The van der Waals surface area contributed by atoms with E-state index < -0.39 is 0 Å². The molecular formula is C16H17BrClN. The molecule has 1 nitrogen and oxygen atoms in total. The molecule has 0 radical (unpaired) electrons. The molecule has 0 spiro atoms. The molecule has 0 bridgehead atoms. The third-order valence-electron chi connectivity index (χ3n) is 3.31. The van der Waals surface area contributed by atoms with Crippen molar-refractivity contribution in [2.45, 2.75) is 18.8 Å². The van der Waals surface area contributed by atoms with E-state index in [4.69, 9.17) is 11.6 Å². The van der Waals surface area contributed by atoms with Gasteiger partial charge in [0.1, 0.15) is 0 Å². The zero-order valence-electron chi connectivity index (χ0n) is 11.2. The van der Waals surface area contributed by atoms with Crippen LogP contribution in [0.15, 0.2) is 42.5 Å². The predicted molar refractivity (Wildman–Crippen MR) is 87.4 cm³/mol. The summed E-state index contributed by atoms with van der Waals surface area (Å²) in [6.45, 7) is 3.03. The molecule has 0 amide bonds. The summed E-state index contributed by atoms with van der Waals surface area (Å²) in [6, 6.07) is 14.5. The molecule has 2 rings (SSSR count). The Morgan fingerprint density at radius 3 is 2.53 bits per heavy atom. The van der Waals surface area contributed by atoms with Gasteiger partial charge in [-0.3, -0.25) is 0 Å². The van der Waals surface area contributed by atoms with Gasteiger partial charge in [0.25, 0.3) is 0 Å². The van der Waals surface area contributed by atoms with Crippen molar-refractivity contribution in [3.05, 3.63) is 64.2 Å². The Labute approximate surface area is 128 Å². The van der Waals surface area contributed by atoms with Crippen molar-refractivity contribution in [3.63, 3.8) is 0 Å². The van der Waals surface area contributed by atoms with Crippen molar-refractivity contribution in [2.24, 2.45) is 0 Å². The summed E-state index contributed by atoms with van der Waals surface area (Å²) < 4.78 is 0. The minimum absolute atomic E-state index is 0.764. The Morgan fingerprint density at radius 1 is 1.11 bits per heavy atom. The molecule has 0 N–H and O–H groups in total. The number of hydrogen-bond donors (Lipinski definition) is 0. The van der Waals surface area contributed by atoms with Crippen molar-refractivity contribution < 1.29 is 0 Å². The van der Waals surface area contributed by atoms with Gasteiger partial charge in [0.05, 0.1) is 0 Å². The lowest BCUT2D eigenvalue weighted by molar-refractivity contribution is 0.908. The van der Waals surface area contributed by atoms with Crippen molar-refractivity contribution in [1.82, 2.24) is 0 Å². The van der Waals surface area contributed by atoms with E-state index in [0.29, 0.717) is 0 Å². The SMILES string of the molecule is Cc1ccccc1CN(C)c1cccc(Cl)c1CBr. The molecule has 0 atom stereocenters. The van der Waals surface area contributed by atoms with E-state index in [0.717, 1.165) is 22.5 Å². The summed E-state index contributed by atoms with van der Waals surface area (Å²) in [5, 5.41) is 1.58. The van der Waals surface area contributed by atoms with Crippen LogP contribution in [0.2, 0.25) is 5.02 Å². The van der Waals surface area contributed by atoms with Gasteiger partial charge in [-0.2, -0.15) is 0 Å². The lowest BCUT2D eigenvalue weighted by atomic mass is 10.1. The first-order chi connectivity index (χ1) is 9.13. The first-order valence-corrected chi connectivity index (χ1v) is 7.72. The topological polar surface area (TPSA) is 3.24 Å². The quantitative estimate of drug-likeness (QED) is 0.694. The monoisotopic (exact) mass is 337 g/mol. The number of rotatable bonds is 4. The number of halogens is 2. The van der Waals surface area contributed by atoms with Gasteiger partial charge in [-0.25, -0.2) is 0 Å². The average molecular weight is 339 g/mol. The predicted octanol–water partition coefficient (Wildman–Crippen LogP) is 5.18. The van der Waals surface area contributed by atoms with Gasteiger partial charge in [0, 0.05) is 35.2 Å². The van der Waals surface area contributed by atoms with Crippen LogP contribution in [-0.4, -0.2) is 7.05 Å². The molecule has 0 saturated heterocycles. The summed E-state index contributed by atoms with van der Waals surface area (Å²) in [4.78, 5) is 2.24. The van der Waals surface area contributed by atoms with Crippen LogP contribution < -0.4 is 4.90 Å². The fourth-order valence-corrected chi connectivity index (χ4v) is 3.15. The van der Waals surface area contributed by atoms with Gasteiger partial charge >= 0.3 is 0 Å². The van der Waals surface area contributed by atoms with Crippen LogP contribution in [0.5, 0.6) is 0 Å². The van der Waals surface area contributed by atoms with Gasteiger partial charge in [0.2, 0.25) is 0 Å². The zero-order valence-corrected chi connectivity index (χ0v) is 13.5. The van der Waals surface area contributed by atoms with E-state index in [1.165, 1.54) is 16.8 Å². The first-order valence-electron chi connectivity index (χ1n) is 6.22. The lowest BCUT2D eigenvalue weighted by Crippen LogP contribution is -2.18. The van der Waals surface area contributed by atoms with Gasteiger partial charge in [-0.15, -0.1) is 0 Å². The maximum atomic E-state index is 6.25. The van der Waals surface area contributed by atoms with Gasteiger partial charge < -0.3 is 4.90 Å². The highest BCUT2D eigenvalue weighted by atomic mass is 79.9. The second kappa shape index (κ2) is 6.44. The van der Waals surface area contributed by atoms with E-state index in [1.54, 1.807) is 0 Å². The molecule has 0 heterocycles. The molecule has 3 heteroatoms. The largest absolute Gasteiger partial charge is 0.370 e. The second-order valence-electron chi connectivity index (χ2n) is 4.65. The fraction of sp³-hybridized carbons (Fsp3) is 0.250. The van der Waals surface area contributed by atoms with Crippen LogP contribution in [0.4, 0.5) is 5.69 Å². The maximum absolute atomic E-state index is 6.25. The van der Waals surface area contributed by atoms with E-state index in [1.807, 2.05) is 12.1 Å². The summed E-state index contributed by atoms with van der Waals surface area (Å²) in [5.41, 5.74) is 4.97. The molecule has 0 unspecified atom stereocenters. The van der Waals surface area contributed by atoms with Crippen LogP contribution in [0.25, 0.3) is 0 Å². The van der Waals surface area contributed by atoms with Crippen molar-refractivity contribution in [1.29, 1.82) is 0 Å². The number of benzene rings is 2. The van der Waals surface area contributed by atoms with E-state index >= 15 is 0 Å². The molecule has 0 aliphatic heterocycles. The molecule has 2 aromatic rings. The van der Waals surface area contributed by atoms with E-state index in [-0.39, 0.29) is 0 Å². The highest BCUT2D eigenvalue weighted by Crippen LogP contribution is 2.30. The van der Waals surface area contributed by atoms with Gasteiger partial charge in [0.15, 0.2) is 0 Å². The normalized spacial score (nSPS) is 10.5. The van der Waals surface area contributed by atoms with Crippen LogP contribution in [-0.2, 0) is 11.9 Å². The van der Waals surface area contributed by atoms with Crippen molar-refractivity contribution in [2.75, 3.05) is 11.9 Å². The zero-order chi connectivity index (χ0) is 13.8. The summed E-state index contributed by atoms with van der Waals surface area (Å²) >= 11 is 9.77. The average Bonchev–Trinajstić information content (AvgIpc) is 2.41. The number of alkyl halides is 1. The molecule has 0 saturated carbocycles. The van der Waals surface area contributed by atoms with Crippen LogP contribution in [0, 0.1) is 6.92 Å². The molecule has 100 valence electrons. The molecule has 0 fully saturated rings. The Kier molecular flexibility index (Phi) is 4.89. The minimum atomic E-state index is 0.764. The highest BCUT2D eigenvalue weighted by molar-refractivity contribution is 9.08. The van der Waals surface area contributed by atoms with Crippen molar-refractivity contribution >= 4 is 33.2 Å². The summed E-state index contributed by atoms with van der Waals surface area (Å²) in [7, 11) is 2.10. The lowest BCUT2D eigenvalue weighted by Gasteiger charge is -2.23. The number of anilines is 1. The highest BCUT2D eigenvalue weighted by Gasteiger charge is 2.10. The maximum Gasteiger partial charge on any atom is 0.0467 e. The number of nitrogens with zero attached hydrogens (tertiary/aromatic N) is 1. The Bertz CT molecular complexity index is 568. The van der Waals surface area contributed by atoms with E-state index in [2.05, 4.69) is 65.1 Å². The molecule has 0 aromatic heterocycles. The first kappa shape index (κ1) is 14.4. The second-order valence-corrected chi connectivity index (χ2v) is 5.62. The van der Waals surface area contributed by atoms with Crippen molar-refractivity contribution in [3.8, 4) is 0 Å².